The Labute approximate surface area is 156 Å². The Bertz CT molecular complexity index is 1130. The lowest BCUT2D eigenvalue weighted by Gasteiger charge is -2.10. The molecule has 0 spiro atoms. The number of benzene rings is 2. The average molecular weight is 362 g/mol. The molecule has 0 bridgehead atoms. The zero-order valence-corrected chi connectivity index (χ0v) is 15.0. The molecule has 0 aliphatic heterocycles. The highest BCUT2D eigenvalue weighted by Crippen LogP contribution is 2.23. The summed E-state index contributed by atoms with van der Waals surface area (Å²) in [4.78, 5) is 9.24. The second-order valence-corrected chi connectivity index (χ2v) is 6.41. The van der Waals surface area contributed by atoms with Gasteiger partial charge in [0.25, 0.3) is 0 Å². The molecule has 0 aliphatic rings. The Hall–Kier alpha value is -3.10. The van der Waals surface area contributed by atoms with Crippen LogP contribution in [0.5, 0.6) is 0 Å². The number of nitrogens with zero attached hydrogens (tertiary/aromatic N) is 5. The van der Waals surface area contributed by atoms with Crippen molar-refractivity contribution >= 4 is 22.6 Å². The molecule has 26 heavy (non-hydrogen) atoms. The number of aryl methyl sites for hydroxylation is 1. The van der Waals surface area contributed by atoms with Crippen LogP contribution < -0.4 is 0 Å². The zero-order valence-electron chi connectivity index (χ0n) is 14.2. The Morgan fingerprint density at radius 1 is 1.19 bits per heavy atom. The maximum absolute atomic E-state index is 9.11. The minimum Gasteiger partial charge on any atom is -0.327 e. The lowest BCUT2D eigenvalue weighted by atomic mass is 10.2. The van der Waals surface area contributed by atoms with Gasteiger partial charge in [-0.3, -0.25) is 0 Å². The Morgan fingerprint density at radius 3 is 2.85 bits per heavy atom. The molecular formula is C20H16ClN5. The van der Waals surface area contributed by atoms with Crippen LogP contribution in [-0.2, 0) is 13.1 Å². The van der Waals surface area contributed by atoms with Crippen molar-refractivity contribution in [1.29, 1.82) is 5.26 Å². The molecule has 2 aromatic heterocycles. The maximum atomic E-state index is 9.11. The molecule has 0 amide bonds. The van der Waals surface area contributed by atoms with E-state index in [0.29, 0.717) is 17.1 Å². The lowest BCUT2D eigenvalue weighted by Crippen LogP contribution is -2.08. The highest BCUT2D eigenvalue weighted by atomic mass is 35.5. The summed E-state index contributed by atoms with van der Waals surface area (Å²) >= 11 is 6.12. The number of imidazole rings is 2. The molecule has 4 rings (SSSR count). The van der Waals surface area contributed by atoms with E-state index in [1.54, 1.807) is 6.20 Å². The van der Waals surface area contributed by atoms with Gasteiger partial charge in [-0.05, 0) is 37.3 Å². The van der Waals surface area contributed by atoms with Gasteiger partial charge in [0, 0.05) is 29.5 Å². The molecule has 4 aromatic rings. The van der Waals surface area contributed by atoms with Crippen molar-refractivity contribution in [2.75, 3.05) is 0 Å². The predicted octanol–water partition coefficient (Wildman–Crippen LogP) is 4.49. The second kappa shape index (κ2) is 6.66. The van der Waals surface area contributed by atoms with Crippen LogP contribution in [0.4, 0.5) is 0 Å². The van der Waals surface area contributed by atoms with E-state index in [1.807, 2.05) is 48.7 Å². The first-order valence-corrected chi connectivity index (χ1v) is 8.73. The SMILES string of the molecule is CCn1c(Cn2ccnc2-c2cccc(Cl)c2)nc2cc(C#N)ccc21. The fourth-order valence-corrected chi connectivity index (χ4v) is 3.39. The smallest absolute Gasteiger partial charge is 0.140 e. The Morgan fingerprint density at radius 2 is 2.08 bits per heavy atom. The number of aromatic nitrogens is 4. The monoisotopic (exact) mass is 361 g/mol. The summed E-state index contributed by atoms with van der Waals surface area (Å²) in [6, 6.07) is 15.5. The van der Waals surface area contributed by atoms with Gasteiger partial charge in [-0.1, -0.05) is 23.7 Å². The van der Waals surface area contributed by atoms with Gasteiger partial charge in [0.1, 0.15) is 11.6 Å². The van der Waals surface area contributed by atoms with Crippen molar-refractivity contribution in [3.8, 4) is 17.5 Å². The summed E-state index contributed by atoms with van der Waals surface area (Å²) in [6.45, 7) is 3.49. The van der Waals surface area contributed by atoms with Crippen molar-refractivity contribution in [1.82, 2.24) is 19.1 Å². The molecule has 2 aromatic carbocycles. The molecule has 5 nitrogen and oxygen atoms in total. The van der Waals surface area contributed by atoms with Crippen molar-refractivity contribution in [3.05, 3.63) is 71.3 Å². The van der Waals surface area contributed by atoms with Crippen LogP contribution in [0.15, 0.2) is 54.9 Å². The van der Waals surface area contributed by atoms with E-state index in [4.69, 9.17) is 21.8 Å². The lowest BCUT2D eigenvalue weighted by molar-refractivity contribution is 0.667. The summed E-state index contributed by atoms with van der Waals surface area (Å²) in [6.07, 6.45) is 3.72. The molecule has 128 valence electrons. The van der Waals surface area contributed by atoms with Crippen LogP contribution in [0.1, 0.15) is 18.3 Å². The standard InChI is InChI=1S/C20H16ClN5/c1-2-26-18-7-6-14(12-22)10-17(18)24-19(26)13-25-9-8-23-20(25)15-4-3-5-16(21)11-15/h3-11H,2,13H2,1H3. The second-order valence-electron chi connectivity index (χ2n) is 5.98. The first kappa shape index (κ1) is 16.4. The van der Waals surface area contributed by atoms with E-state index in [1.165, 1.54) is 0 Å². The molecule has 0 radical (unpaired) electrons. The van der Waals surface area contributed by atoms with Gasteiger partial charge in [-0.25, -0.2) is 9.97 Å². The molecular weight excluding hydrogens is 346 g/mol. The van der Waals surface area contributed by atoms with Gasteiger partial charge in [-0.15, -0.1) is 0 Å². The third-order valence-corrected chi connectivity index (χ3v) is 4.62. The molecule has 0 unspecified atom stereocenters. The molecule has 0 fully saturated rings. The maximum Gasteiger partial charge on any atom is 0.140 e. The van der Waals surface area contributed by atoms with E-state index >= 15 is 0 Å². The molecule has 0 saturated carbocycles. The van der Waals surface area contributed by atoms with Crippen LogP contribution >= 0.6 is 11.6 Å². The fourth-order valence-electron chi connectivity index (χ4n) is 3.20. The van der Waals surface area contributed by atoms with Gasteiger partial charge < -0.3 is 9.13 Å². The van der Waals surface area contributed by atoms with Gasteiger partial charge in [0.05, 0.1) is 29.2 Å². The summed E-state index contributed by atoms with van der Waals surface area (Å²) in [5, 5.41) is 9.80. The average Bonchev–Trinajstić information content (AvgIpc) is 3.25. The van der Waals surface area contributed by atoms with E-state index in [2.05, 4.69) is 27.1 Å². The molecule has 0 aliphatic carbocycles. The Kier molecular flexibility index (Phi) is 4.19. The number of hydrogen-bond donors (Lipinski definition) is 0. The number of halogens is 1. The molecule has 0 N–H and O–H groups in total. The number of nitriles is 1. The fraction of sp³-hybridized carbons (Fsp3) is 0.150. The van der Waals surface area contributed by atoms with Crippen LogP contribution in [0.3, 0.4) is 0 Å². The highest BCUT2D eigenvalue weighted by Gasteiger charge is 2.13. The van der Waals surface area contributed by atoms with E-state index in [-0.39, 0.29) is 0 Å². The third-order valence-electron chi connectivity index (χ3n) is 4.38. The summed E-state index contributed by atoms with van der Waals surface area (Å²) in [5.41, 5.74) is 3.46. The van der Waals surface area contributed by atoms with Gasteiger partial charge in [0.2, 0.25) is 0 Å². The van der Waals surface area contributed by atoms with Gasteiger partial charge >= 0.3 is 0 Å². The molecule has 0 atom stereocenters. The van der Waals surface area contributed by atoms with Crippen molar-refractivity contribution in [2.24, 2.45) is 0 Å². The van der Waals surface area contributed by atoms with Crippen LogP contribution in [0.2, 0.25) is 5.02 Å². The topological polar surface area (TPSA) is 59.4 Å². The van der Waals surface area contributed by atoms with E-state index in [0.717, 1.165) is 34.8 Å². The first-order valence-electron chi connectivity index (χ1n) is 8.36. The molecule has 2 heterocycles. The molecule has 6 heteroatoms. The van der Waals surface area contributed by atoms with Crippen molar-refractivity contribution < 1.29 is 0 Å². The van der Waals surface area contributed by atoms with E-state index < -0.39 is 0 Å². The summed E-state index contributed by atoms with van der Waals surface area (Å²) in [5.74, 6) is 1.78. The molecule has 0 saturated heterocycles. The number of hydrogen-bond acceptors (Lipinski definition) is 3. The normalized spacial score (nSPS) is 11.0. The van der Waals surface area contributed by atoms with Crippen LogP contribution in [0, 0.1) is 11.3 Å². The largest absolute Gasteiger partial charge is 0.327 e. The zero-order chi connectivity index (χ0) is 18.1. The van der Waals surface area contributed by atoms with Gasteiger partial charge in [0.15, 0.2) is 0 Å². The van der Waals surface area contributed by atoms with Crippen molar-refractivity contribution in [2.45, 2.75) is 20.0 Å². The highest BCUT2D eigenvalue weighted by molar-refractivity contribution is 6.30. The van der Waals surface area contributed by atoms with E-state index in [9.17, 15) is 0 Å². The number of rotatable bonds is 4. The minimum absolute atomic E-state index is 0.590. The number of fused-ring (bicyclic) bond motifs is 1. The minimum atomic E-state index is 0.590. The van der Waals surface area contributed by atoms with Crippen LogP contribution in [-0.4, -0.2) is 19.1 Å². The predicted molar refractivity (Wildman–Crippen MR) is 102 cm³/mol. The summed E-state index contributed by atoms with van der Waals surface area (Å²) in [7, 11) is 0. The third kappa shape index (κ3) is 2.85. The van der Waals surface area contributed by atoms with Crippen molar-refractivity contribution in [3.63, 3.8) is 0 Å². The van der Waals surface area contributed by atoms with Gasteiger partial charge in [-0.2, -0.15) is 5.26 Å². The summed E-state index contributed by atoms with van der Waals surface area (Å²) < 4.78 is 4.22. The quantitative estimate of drug-likeness (QED) is 0.538. The Balaban J connectivity index is 1.77. The first-order chi connectivity index (χ1) is 12.7. The van der Waals surface area contributed by atoms with Crippen LogP contribution in [0.25, 0.3) is 22.4 Å².